The highest BCUT2D eigenvalue weighted by molar-refractivity contribution is 7.89. The van der Waals surface area contributed by atoms with Crippen LogP contribution < -0.4 is 10.6 Å². The fraction of sp³-hybridized carbons (Fsp3) is 0.479. The second-order valence-electron chi connectivity index (χ2n) is 18.6. The van der Waals surface area contributed by atoms with Crippen LogP contribution in [0.1, 0.15) is 98.3 Å². The summed E-state index contributed by atoms with van der Waals surface area (Å²) >= 11 is 12.5. The van der Waals surface area contributed by atoms with Crippen LogP contribution in [0, 0.1) is 13.8 Å². The van der Waals surface area contributed by atoms with E-state index in [4.69, 9.17) is 37.4 Å². The number of amides is 2. The number of esters is 1. The molecular weight excluding hydrogens is 1040 g/mol. The van der Waals surface area contributed by atoms with Crippen molar-refractivity contribution in [2.75, 3.05) is 47.9 Å². The lowest BCUT2D eigenvalue weighted by molar-refractivity contribution is 0.0506. The van der Waals surface area contributed by atoms with Gasteiger partial charge in [0.05, 0.1) is 53.4 Å². The van der Waals surface area contributed by atoms with E-state index < -0.39 is 61.1 Å². The van der Waals surface area contributed by atoms with Gasteiger partial charge in [0.15, 0.2) is 5.69 Å². The molecule has 4 aromatic rings. The van der Waals surface area contributed by atoms with Gasteiger partial charge in [-0.05, 0) is 110 Å². The summed E-state index contributed by atoms with van der Waals surface area (Å²) in [5, 5.41) is 23.7. The third kappa shape index (κ3) is 18.2. The normalized spacial score (nSPS) is 12.7. The molecule has 0 bridgehead atoms. The molecule has 0 fully saturated rings. The van der Waals surface area contributed by atoms with E-state index in [1.165, 1.54) is 74.0 Å². The first-order chi connectivity index (χ1) is 33.7. The number of nitrogens with one attached hydrogen (secondary N) is 2. The summed E-state index contributed by atoms with van der Waals surface area (Å²) in [7, 11) is -1.79. The van der Waals surface area contributed by atoms with Crippen LogP contribution in [0.25, 0.3) is 0 Å². The van der Waals surface area contributed by atoms with Crippen molar-refractivity contribution in [3.63, 3.8) is 0 Å². The molecule has 0 radical (unpaired) electrons. The molecule has 0 saturated heterocycles. The van der Waals surface area contributed by atoms with Crippen molar-refractivity contribution in [1.29, 1.82) is 0 Å². The summed E-state index contributed by atoms with van der Waals surface area (Å²) in [6.07, 6.45) is 0.714. The van der Waals surface area contributed by atoms with Gasteiger partial charge < -0.3 is 30.0 Å². The predicted octanol–water partition coefficient (Wildman–Crippen LogP) is 7.80. The Hall–Kier alpha value is -5.43. The number of carbonyl (C=O) groups is 3. The molecule has 404 valence electrons. The average Bonchev–Trinajstić information content (AvgIpc) is 3.71. The van der Waals surface area contributed by atoms with Gasteiger partial charge in [-0.25, -0.2) is 48.6 Å². The first kappa shape index (κ1) is 61.9. The Kier molecular flexibility index (Phi) is 22.2. The number of hydrogen-bond acceptors (Lipinski definition) is 13. The third-order valence-corrected chi connectivity index (χ3v) is 14.6. The number of hydrogen-bond donors (Lipinski definition) is 3. The summed E-state index contributed by atoms with van der Waals surface area (Å²) in [5.74, 6) is -1.77. The smallest absolute Gasteiger partial charge is 0.407 e. The molecule has 0 aliphatic carbocycles. The van der Waals surface area contributed by atoms with Crippen LogP contribution in [0.3, 0.4) is 0 Å². The Bertz CT molecular complexity index is 2910. The van der Waals surface area contributed by atoms with Gasteiger partial charge in [-0.3, -0.25) is 9.36 Å². The van der Waals surface area contributed by atoms with Crippen LogP contribution in [-0.2, 0) is 66.8 Å². The Morgan fingerprint density at radius 2 is 1.11 bits per heavy atom. The lowest BCUT2D eigenvalue weighted by Gasteiger charge is -2.19. The first-order valence-electron chi connectivity index (χ1n) is 22.7. The van der Waals surface area contributed by atoms with Crippen molar-refractivity contribution in [3.05, 3.63) is 115 Å². The van der Waals surface area contributed by atoms with E-state index in [9.17, 15) is 45.1 Å². The molecule has 73 heavy (non-hydrogen) atoms. The average molecular weight is 1100 g/mol. The summed E-state index contributed by atoms with van der Waals surface area (Å²) in [6.45, 7) is 15.2. The Morgan fingerprint density at radius 3 is 1.49 bits per heavy atom. The Balaban J connectivity index is 0.000000387. The van der Waals surface area contributed by atoms with E-state index in [2.05, 4.69) is 20.8 Å². The van der Waals surface area contributed by atoms with Crippen LogP contribution >= 0.6 is 23.2 Å². The lowest BCUT2D eigenvalue weighted by atomic mass is 10.1. The van der Waals surface area contributed by atoms with Crippen molar-refractivity contribution >= 4 is 61.4 Å². The first-order valence-corrected chi connectivity index (χ1v) is 26.3. The van der Waals surface area contributed by atoms with Crippen molar-refractivity contribution < 1.29 is 59.3 Å². The molecule has 19 nitrogen and oxygen atoms in total. The number of aryl methyl sites for hydroxylation is 2. The molecule has 25 heteroatoms. The van der Waals surface area contributed by atoms with Gasteiger partial charge in [-0.1, -0.05) is 35.3 Å². The number of aliphatic hydroxyl groups is 1. The van der Waals surface area contributed by atoms with E-state index in [-0.39, 0.29) is 77.8 Å². The molecule has 0 atom stereocenters. The molecule has 4 rings (SSSR count). The second kappa shape index (κ2) is 26.2. The number of alkyl carbamates (subject to hydrolysis) is 2. The molecule has 0 saturated carbocycles. The van der Waals surface area contributed by atoms with Crippen LogP contribution in [-0.4, -0.2) is 127 Å². The number of halogens is 4. The van der Waals surface area contributed by atoms with E-state index in [0.29, 0.717) is 39.3 Å². The number of carbonyl (C=O) groups excluding carboxylic acids is 3. The zero-order chi connectivity index (χ0) is 55.4. The highest BCUT2D eigenvalue weighted by Gasteiger charge is 2.27. The summed E-state index contributed by atoms with van der Waals surface area (Å²) in [5.41, 5.74) is 2.19. The zero-order valence-electron chi connectivity index (χ0n) is 43.3. The molecule has 2 amide bonds. The largest absolute Gasteiger partial charge is 0.461 e. The molecule has 0 aliphatic rings. The van der Waals surface area contributed by atoms with E-state index in [1.807, 2.05) is 0 Å². The number of aliphatic hydroxyl groups excluding tert-OH is 1. The SMILES string of the molecule is CCOC(=O)c1c(C/C(F)=C/CNC(=O)OC(C)(C)C)c(C)nn1Cc1ccc(S(=O)(=O)N(C)C)c(Cl)c1.Cc1nn(Cc2ccc(S(=O)(=O)N(C)C)c(Cl)c2)c(CO)c1C/C(F)=C/CNC(=O)OC(C)(C)C. The highest BCUT2D eigenvalue weighted by atomic mass is 35.5. The number of rotatable bonds is 19. The zero-order valence-corrected chi connectivity index (χ0v) is 46.5. The van der Waals surface area contributed by atoms with Gasteiger partial charge in [0, 0.05) is 65.2 Å². The molecule has 0 spiro atoms. The predicted molar refractivity (Wildman–Crippen MR) is 273 cm³/mol. The number of benzene rings is 2. The van der Waals surface area contributed by atoms with Gasteiger partial charge in [-0.2, -0.15) is 10.2 Å². The van der Waals surface area contributed by atoms with Crippen molar-refractivity contribution in [1.82, 2.24) is 38.8 Å². The molecule has 2 heterocycles. The molecule has 0 unspecified atom stereocenters. The molecular formula is C48H66Cl2F2N8O11S2. The van der Waals surface area contributed by atoms with Crippen LogP contribution in [0.4, 0.5) is 18.4 Å². The second-order valence-corrected chi connectivity index (χ2v) is 23.7. The van der Waals surface area contributed by atoms with Gasteiger partial charge in [0.2, 0.25) is 20.0 Å². The lowest BCUT2D eigenvalue weighted by Crippen LogP contribution is -2.32. The number of allylic oxidation sites excluding steroid dienone is 2. The van der Waals surface area contributed by atoms with E-state index in [0.717, 1.165) is 8.61 Å². The summed E-state index contributed by atoms with van der Waals surface area (Å²) in [6, 6.07) is 8.99. The van der Waals surface area contributed by atoms with Crippen LogP contribution in [0.5, 0.6) is 0 Å². The molecule has 2 aromatic heterocycles. The van der Waals surface area contributed by atoms with Crippen LogP contribution in [0.2, 0.25) is 10.0 Å². The van der Waals surface area contributed by atoms with Gasteiger partial charge in [-0.15, -0.1) is 0 Å². The molecule has 3 N–H and O–H groups in total. The molecule has 2 aromatic carbocycles. The minimum atomic E-state index is -3.74. The maximum absolute atomic E-state index is 14.8. The molecule has 0 aliphatic heterocycles. The van der Waals surface area contributed by atoms with Crippen molar-refractivity contribution in [2.24, 2.45) is 0 Å². The van der Waals surface area contributed by atoms with E-state index >= 15 is 0 Å². The maximum atomic E-state index is 14.8. The Morgan fingerprint density at radius 1 is 0.712 bits per heavy atom. The van der Waals surface area contributed by atoms with Crippen LogP contribution in [0.15, 0.2) is 70.0 Å². The maximum Gasteiger partial charge on any atom is 0.407 e. The monoisotopic (exact) mass is 1100 g/mol. The minimum absolute atomic E-state index is 0.0140. The quantitative estimate of drug-likeness (QED) is 0.0602. The van der Waals surface area contributed by atoms with Gasteiger partial charge >= 0.3 is 18.2 Å². The van der Waals surface area contributed by atoms with Gasteiger partial charge in [0.1, 0.15) is 32.6 Å². The fourth-order valence-corrected chi connectivity index (χ4v) is 9.49. The Labute approximate surface area is 436 Å². The third-order valence-electron chi connectivity index (χ3n) is 10.0. The van der Waals surface area contributed by atoms with E-state index in [1.54, 1.807) is 74.4 Å². The number of ether oxygens (including phenoxy) is 3. The minimum Gasteiger partial charge on any atom is -0.461 e. The fourth-order valence-electron chi connectivity index (χ4n) is 6.62. The van der Waals surface area contributed by atoms with Crippen molar-refractivity contribution in [2.45, 2.75) is 116 Å². The summed E-state index contributed by atoms with van der Waals surface area (Å²) < 4.78 is 99.4. The highest BCUT2D eigenvalue weighted by Crippen LogP contribution is 2.29. The number of sulfonamides is 2. The van der Waals surface area contributed by atoms with Crippen molar-refractivity contribution in [3.8, 4) is 0 Å². The topological polar surface area (TPSA) is 234 Å². The number of aromatic nitrogens is 4. The standard InChI is InChI=1S/C25H34ClFN4O6S.C23H32ClFN4O5S/c1-8-36-23(32)22-19(14-18(27)11-12-28-24(33)37-25(3,4)5)16(2)29-31(22)15-17-9-10-21(20(26)13-17)38(34,35)30(6)7;1-15-18(12-17(25)9-10-26-22(31)34-23(2,3)4)20(14-30)29(27-15)13-16-7-8-21(19(24)11-16)35(32,33)28(5)6/h9-11,13H,8,12,14-15H2,1-7H3,(H,28,33);7-9,11,30H,10,12-14H2,1-6H3,(H,26,31)/b18-11-;17-9-. The van der Waals surface area contributed by atoms with Gasteiger partial charge in [0.25, 0.3) is 0 Å². The number of nitrogens with zero attached hydrogens (tertiary/aromatic N) is 6. The summed E-state index contributed by atoms with van der Waals surface area (Å²) in [4.78, 5) is 36.2.